The van der Waals surface area contributed by atoms with Gasteiger partial charge in [0.25, 0.3) is 5.56 Å². The van der Waals surface area contributed by atoms with Crippen LogP contribution in [0.1, 0.15) is 40.2 Å². The van der Waals surface area contributed by atoms with Crippen molar-refractivity contribution >= 4 is 28.6 Å². The third-order valence-corrected chi connectivity index (χ3v) is 6.20. The molecule has 0 aliphatic heterocycles. The van der Waals surface area contributed by atoms with Crippen LogP contribution in [0.15, 0.2) is 52.4 Å². The summed E-state index contributed by atoms with van der Waals surface area (Å²) in [6.07, 6.45) is 0. The molecule has 0 N–H and O–H groups in total. The number of amides is 1. The Labute approximate surface area is 186 Å². The van der Waals surface area contributed by atoms with E-state index in [2.05, 4.69) is 4.98 Å². The summed E-state index contributed by atoms with van der Waals surface area (Å²) in [5.74, 6) is -0.428. The number of aryl methyl sites for hydroxylation is 1. The van der Waals surface area contributed by atoms with E-state index in [1.807, 2.05) is 45.6 Å². The molecule has 1 unspecified atom stereocenters. The summed E-state index contributed by atoms with van der Waals surface area (Å²) >= 11 is 1.21. The largest absolute Gasteiger partial charge is 0.337 e. The first-order valence-electron chi connectivity index (χ1n) is 10.4. The van der Waals surface area contributed by atoms with Crippen molar-refractivity contribution < 1.29 is 9.18 Å². The molecule has 1 amide bonds. The third kappa shape index (κ3) is 4.66. The Hall–Kier alpha value is -2.67. The first-order valence-corrected chi connectivity index (χ1v) is 11.3. The van der Waals surface area contributed by atoms with E-state index in [0.717, 1.165) is 0 Å². The van der Waals surface area contributed by atoms with E-state index in [9.17, 15) is 14.0 Å². The van der Waals surface area contributed by atoms with Crippen LogP contribution in [0.4, 0.5) is 4.39 Å². The monoisotopic (exact) mass is 441 g/mol. The maximum atomic E-state index is 14.3. The summed E-state index contributed by atoms with van der Waals surface area (Å²) in [5.41, 5.74) is 1.13. The molecule has 3 aromatic rings. The molecule has 164 valence electrons. The number of thioether (sulfide) groups is 1. The minimum Gasteiger partial charge on any atom is -0.337 e. The van der Waals surface area contributed by atoms with Crippen LogP contribution in [0.3, 0.4) is 0 Å². The Kier molecular flexibility index (Phi) is 6.84. The smallest absolute Gasteiger partial charge is 0.266 e. The predicted octanol–water partition coefficient (Wildman–Crippen LogP) is 4.96. The zero-order valence-corrected chi connectivity index (χ0v) is 19.5. The normalized spacial score (nSPS) is 12.5. The fraction of sp³-hybridized carbons (Fsp3) is 0.375. The summed E-state index contributed by atoms with van der Waals surface area (Å²) in [6, 6.07) is 11.8. The molecule has 0 aliphatic rings. The highest BCUT2D eigenvalue weighted by atomic mass is 32.2. The SMILES string of the molecule is Cc1ccc(-n2c(SC(C)C(=O)N(C(C)C)C(C)C)nc3ccccc3c2=O)cc1F. The first-order chi connectivity index (χ1) is 14.6. The lowest BCUT2D eigenvalue weighted by molar-refractivity contribution is -0.133. The van der Waals surface area contributed by atoms with Gasteiger partial charge in [0.15, 0.2) is 5.16 Å². The zero-order valence-electron chi connectivity index (χ0n) is 18.7. The molecule has 0 aliphatic carbocycles. The molecule has 0 bridgehead atoms. The summed E-state index contributed by atoms with van der Waals surface area (Å²) in [7, 11) is 0. The Bertz CT molecular complexity index is 1170. The number of benzene rings is 2. The number of para-hydroxylation sites is 1. The lowest BCUT2D eigenvalue weighted by Crippen LogP contribution is -2.45. The molecule has 7 heteroatoms. The van der Waals surface area contributed by atoms with Crippen LogP contribution in [0.25, 0.3) is 16.6 Å². The number of halogens is 1. The second-order valence-electron chi connectivity index (χ2n) is 8.18. The summed E-state index contributed by atoms with van der Waals surface area (Å²) in [6.45, 7) is 11.4. The maximum Gasteiger partial charge on any atom is 0.266 e. The molecule has 2 aromatic carbocycles. The number of aromatic nitrogens is 2. The van der Waals surface area contributed by atoms with Gasteiger partial charge in [0.2, 0.25) is 5.91 Å². The van der Waals surface area contributed by atoms with Crippen molar-refractivity contribution in [3.8, 4) is 5.69 Å². The molecule has 1 atom stereocenters. The fourth-order valence-corrected chi connectivity index (χ4v) is 4.65. The van der Waals surface area contributed by atoms with Crippen LogP contribution >= 0.6 is 11.8 Å². The van der Waals surface area contributed by atoms with E-state index >= 15 is 0 Å². The first kappa shape index (κ1) is 23.0. The molecular weight excluding hydrogens is 413 g/mol. The Balaban J connectivity index is 2.13. The van der Waals surface area contributed by atoms with Crippen molar-refractivity contribution in [2.75, 3.05) is 0 Å². The molecule has 0 radical (unpaired) electrons. The van der Waals surface area contributed by atoms with Gasteiger partial charge in [-0.1, -0.05) is 30.0 Å². The van der Waals surface area contributed by atoms with Crippen molar-refractivity contribution in [2.24, 2.45) is 0 Å². The lowest BCUT2D eigenvalue weighted by Gasteiger charge is -2.33. The van der Waals surface area contributed by atoms with Crippen LogP contribution < -0.4 is 5.56 Å². The van der Waals surface area contributed by atoms with E-state index in [1.54, 1.807) is 37.3 Å². The number of nitrogens with zero attached hydrogens (tertiary/aromatic N) is 3. The summed E-state index contributed by atoms with van der Waals surface area (Å²) in [4.78, 5) is 33.0. The van der Waals surface area contributed by atoms with E-state index in [1.165, 1.54) is 22.4 Å². The van der Waals surface area contributed by atoms with Gasteiger partial charge < -0.3 is 4.90 Å². The van der Waals surface area contributed by atoms with Gasteiger partial charge in [-0.25, -0.2) is 9.37 Å². The van der Waals surface area contributed by atoms with Crippen LogP contribution in [-0.4, -0.2) is 37.7 Å². The Morgan fingerprint density at radius 2 is 1.71 bits per heavy atom. The molecule has 0 saturated heterocycles. The second kappa shape index (κ2) is 9.22. The van der Waals surface area contributed by atoms with Crippen molar-refractivity contribution in [3.05, 3.63) is 64.2 Å². The van der Waals surface area contributed by atoms with E-state index in [4.69, 9.17) is 0 Å². The predicted molar refractivity (Wildman–Crippen MR) is 124 cm³/mol. The van der Waals surface area contributed by atoms with Crippen molar-refractivity contribution in [3.63, 3.8) is 0 Å². The minimum absolute atomic E-state index is 0.0287. The van der Waals surface area contributed by atoms with Crippen LogP contribution in [0.2, 0.25) is 0 Å². The summed E-state index contributed by atoms with van der Waals surface area (Å²) < 4.78 is 15.7. The minimum atomic E-state index is -0.473. The van der Waals surface area contributed by atoms with Gasteiger partial charge in [0.1, 0.15) is 5.82 Å². The van der Waals surface area contributed by atoms with Gasteiger partial charge in [-0.2, -0.15) is 0 Å². The molecule has 1 heterocycles. The highest BCUT2D eigenvalue weighted by molar-refractivity contribution is 8.00. The summed E-state index contributed by atoms with van der Waals surface area (Å²) in [5, 5.41) is 0.331. The van der Waals surface area contributed by atoms with Gasteiger partial charge in [-0.15, -0.1) is 0 Å². The van der Waals surface area contributed by atoms with Crippen LogP contribution in [0, 0.1) is 12.7 Å². The number of carbonyl (C=O) groups excluding carboxylic acids is 1. The highest BCUT2D eigenvalue weighted by Gasteiger charge is 2.27. The zero-order chi connectivity index (χ0) is 22.9. The average Bonchev–Trinajstić information content (AvgIpc) is 2.70. The van der Waals surface area contributed by atoms with Gasteiger partial charge in [-0.3, -0.25) is 14.2 Å². The van der Waals surface area contributed by atoms with Gasteiger partial charge in [0.05, 0.1) is 21.8 Å². The third-order valence-electron chi connectivity index (χ3n) is 5.16. The lowest BCUT2D eigenvalue weighted by atomic mass is 10.2. The molecule has 0 fully saturated rings. The fourth-order valence-electron chi connectivity index (χ4n) is 3.66. The molecule has 0 spiro atoms. The van der Waals surface area contributed by atoms with E-state index < -0.39 is 11.1 Å². The maximum absolute atomic E-state index is 14.3. The van der Waals surface area contributed by atoms with E-state index in [-0.39, 0.29) is 23.6 Å². The number of hydrogen-bond donors (Lipinski definition) is 0. The standard InChI is InChI=1S/C24H28FN3O2S/c1-14(2)27(15(3)4)22(29)17(6)31-24-26-21-10-8-7-9-19(21)23(30)28(24)18-12-11-16(5)20(25)13-18/h7-15,17H,1-6H3. The molecule has 1 aromatic heterocycles. The number of rotatable bonds is 6. The van der Waals surface area contributed by atoms with Gasteiger partial charge in [0, 0.05) is 12.1 Å². The highest BCUT2D eigenvalue weighted by Crippen LogP contribution is 2.27. The van der Waals surface area contributed by atoms with Crippen molar-refractivity contribution in [1.29, 1.82) is 0 Å². The molecule has 3 rings (SSSR count). The number of carbonyl (C=O) groups is 1. The molecule has 0 saturated carbocycles. The molecule has 5 nitrogen and oxygen atoms in total. The molecular formula is C24H28FN3O2S. The van der Waals surface area contributed by atoms with Gasteiger partial charge in [-0.05, 0) is 71.4 Å². The molecule has 31 heavy (non-hydrogen) atoms. The quantitative estimate of drug-likeness (QED) is 0.401. The van der Waals surface area contributed by atoms with E-state index in [0.29, 0.717) is 27.3 Å². The average molecular weight is 442 g/mol. The second-order valence-corrected chi connectivity index (χ2v) is 9.49. The van der Waals surface area contributed by atoms with Crippen molar-refractivity contribution in [1.82, 2.24) is 14.5 Å². The topological polar surface area (TPSA) is 55.2 Å². The number of fused-ring (bicyclic) bond motifs is 1. The van der Waals surface area contributed by atoms with Crippen LogP contribution in [0.5, 0.6) is 0 Å². The van der Waals surface area contributed by atoms with Crippen LogP contribution in [-0.2, 0) is 4.79 Å². The number of hydrogen-bond acceptors (Lipinski definition) is 4. The van der Waals surface area contributed by atoms with Crippen molar-refractivity contribution in [2.45, 2.75) is 64.0 Å². The Morgan fingerprint density at radius 1 is 1.06 bits per heavy atom. The van der Waals surface area contributed by atoms with Gasteiger partial charge >= 0.3 is 0 Å². The Morgan fingerprint density at radius 3 is 2.32 bits per heavy atom.